The molecule has 0 saturated carbocycles. The molecule has 0 bridgehead atoms. The zero-order chi connectivity index (χ0) is 12.4. The molecule has 0 aliphatic carbocycles. The summed E-state index contributed by atoms with van der Waals surface area (Å²) in [6.07, 6.45) is 3.34. The van der Waals surface area contributed by atoms with Gasteiger partial charge in [0.15, 0.2) is 11.3 Å². The van der Waals surface area contributed by atoms with Crippen LogP contribution in [0.4, 0.5) is 0 Å². The molecule has 86 valence electrons. The third kappa shape index (κ3) is 1.89. The molecule has 0 saturated heterocycles. The van der Waals surface area contributed by atoms with Crippen molar-refractivity contribution in [2.45, 2.75) is 0 Å². The lowest BCUT2D eigenvalue weighted by Crippen LogP contribution is -1.76. The van der Waals surface area contributed by atoms with Crippen molar-refractivity contribution in [1.82, 2.24) is 9.97 Å². The van der Waals surface area contributed by atoms with Crippen molar-refractivity contribution < 1.29 is 9.52 Å². The number of pyridine rings is 1. The predicted octanol–water partition coefficient (Wildman–Crippen LogP) is 2.33. The molecule has 0 aliphatic rings. The van der Waals surface area contributed by atoms with Crippen molar-refractivity contribution >= 4 is 11.1 Å². The van der Waals surface area contributed by atoms with Crippen LogP contribution in [0.3, 0.4) is 0 Å². The predicted molar refractivity (Wildman–Crippen MR) is 65.9 cm³/mol. The minimum absolute atomic E-state index is 0.0643. The van der Waals surface area contributed by atoms with Gasteiger partial charge in [-0.25, -0.2) is 4.98 Å². The van der Waals surface area contributed by atoms with Gasteiger partial charge in [-0.2, -0.15) is 0 Å². The van der Waals surface area contributed by atoms with Gasteiger partial charge >= 0.3 is 0 Å². The smallest absolute Gasteiger partial charge is 0.274 e. The fraction of sp³-hybridized carbons (Fsp3) is 0. The van der Waals surface area contributed by atoms with Gasteiger partial charge in [0.1, 0.15) is 5.52 Å². The molecule has 0 spiro atoms. The van der Waals surface area contributed by atoms with E-state index in [1.54, 1.807) is 30.6 Å². The molecular weight excluding hydrogens is 228 g/mol. The number of benzene rings is 1. The molecule has 2 heterocycles. The normalized spacial score (nSPS) is 10.0. The zero-order valence-electron chi connectivity index (χ0n) is 9.29. The number of oxazole rings is 1. The monoisotopic (exact) mass is 236 g/mol. The maximum atomic E-state index is 9.58. The Morgan fingerprint density at radius 2 is 2.06 bits per heavy atom. The Morgan fingerprint density at radius 1 is 1.11 bits per heavy atom. The number of para-hydroxylation sites is 1. The minimum atomic E-state index is 0.0643. The quantitative estimate of drug-likeness (QED) is 0.608. The van der Waals surface area contributed by atoms with Crippen molar-refractivity contribution in [1.29, 1.82) is 0 Å². The number of hydrogen-bond donors (Lipinski definition) is 1. The Kier molecular flexibility index (Phi) is 2.43. The van der Waals surface area contributed by atoms with Crippen LogP contribution in [0, 0.1) is 11.8 Å². The van der Waals surface area contributed by atoms with E-state index < -0.39 is 0 Å². The lowest BCUT2D eigenvalue weighted by molar-refractivity contribution is 0.463. The van der Waals surface area contributed by atoms with Gasteiger partial charge in [0.2, 0.25) is 0 Å². The Hall–Kier alpha value is -2.80. The number of nitrogens with zero attached hydrogens (tertiary/aromatic N) is 2. The van der Waals surface area contributed by atoms with Crippen LogP contribution in [0.5, 0.6) is 5.75 Å². The minimum Gasteiger partial charge on any atom is -0.504 e. The Bertz CT molecular complexity index is 752. The van der Waals surface area contributed by atoms with E-state index in [0.29, 0.717) is 11.1 Å². The van der Waals surface area contributed by atoms with Crippen LogP contribution in [0.15, 0.2) is 47.1 Å². The van der Waals surface area contributed by atoms with Crippen LogP contribution in [-0.2, 0) is 0 Å². The summed E-state index contributed by atoms with van der Waals surface area (Å²) in [5.41, 5.74) is 1.72. The summed E-state index contributed by atoms with van der Waals surface area (Å²) >= 11 is 0. The summed E-state index contributed by atoms with van der Waals surface area (Å²) < 4.78 is 5.37. The lowest BCUT2D eigenvalue weighted by Gasteiger charge is -1.88. The maximum Gasteiger partial charge on any atom is 0.274 e. The van der Waals surface area contributed by atoms with Gasteiger partial charge in [-0.05, 0) is 30.2 Å². The molecule has 2 aromatic heterocycles. The summed E-state index contributed by atoms with van der Waals surface area (Å²) in [6.45, 7) is 0. The molecule has 4 heteroatoms. The number of phenols is 1. The molecule has 4 nitrogen and oxygen atoms in total. The fourth-order valence-corrected chi connectivity index (χ4v) is 1.55. The summed E-state index contributed by atoms with van der Waals surface area (Å²) in [7, 11) is 0. The van der Waals surface area contributed by atoms with Crippen LogP contribution < -0.4 is 0 Å². The molecule has 1 aromatic carbocycles. The molecule has 18 heavy (non-hydrogen) atoms. The van der Waals surface area contributed by atoms with Gasteiger partial charge in [-0.3, -0.25) is 4.98 Å². The van der Waals surface area contributed by atoms with Crippen molar-refractivity contribution in [2.75, 3.05) is 0 Å². The van der Waals surface area contributed by atoms with Crippen molar-refractivity contribution in [3.63, 3.8) is 0 Å². The van der Waals surface area contributed by atoms with E-state index in [1.807, 2.05) is 12.1 Å². The van der Waals surface area contributed by atoms with Gasteiger partial charge in [-0.15, -0.1) is 0 Å². The molecular formula is C14H8N2O2. The molecule has 0 radical (unpaired) electrons. The van der Waals surface area contributed by atoms with Crippen molar-refractivity contribution in [2.24, 2.45) is 0 Å². The first-order chi connectivity index (χ1) is 8.83. The van der Waals surface area contributed by atoms with Crippen LogP contribution in [-0.4, -0.2) is 15.1 Å². The standard InChI is InChI=1S/C14H8N2O2/c17-12-5-1-4-11-14(12)18-13(16-11)7-6-10-3-2-8-15-9-10/h1-5,8-9,17H. The first-order valence-electron chi connectivity index (χ1n) is 5.33. The highest BCUT2D eigenvalue weighted by molar-refractivity contribution is 5.79. The molecule has 0 amide bonds. The van der Waals surface area contributed by atoms with Crippen LogP contribution >= 0.6 is 0 Å². The molecule has 0 atom stereocenters. The number of hydrogen-bond acceptors (Lipinski definition) is 4. The maximum absolute atomic E-state index is 9.58. The molecule has 1 N–H and O–H groups in total. The third-order valence-corrected chi connectivity index (χ3v) is 2.37. The van der Waals surface area contributed by atoms with Crippen LogP contribution in [0.25, 0.3) is 11.1 Å². The average Bonchev–Trinajstić information content (AvgIpc) is 2.82. The summed E-state index contributed by atoms with van der Waals surface area (Å²) in [5, 5.41) is 9.58. The second-order valence-corrected chi connectivity index (χ2v) is 3.64. The van der Waals surface area contributed by atoms with Gasteiger partial charge in [0.05, 0.1) is 0 Å². The highest BCUT2D eigenvalue weighted by Gasteiger charge is 2.06. The second kappa shape index (κ2) is 4.22. The summed E-state index contributed by atoms with van der Waals surface area (Å²) in [4.78, 5) is 8.13. The Morgan fingerprint density at radius 3 is 2.83 bits per heavy atom. The van der Waals surface area contributed by atoms with Gasteiger partial charge in [-0.1, -0.05) is 12.0 Å². The SMILES string of the molecule is Oc1cccc2nc(C#Cc3cccnc3)oc12. The van der Waals surface area contributed by atoms with Crippen molar-refractivity contribution in [3.8, 4) is 17.6 Å². The summed E-state index contributed by atoms with van der Waals surface area (Å²) in [5.74, 6) is 6.03. The van der Waals surface area contributed by atoms with E-state index in [9.17, 15) is 5.11 Å². The average molecular weight is 236 g/mol. The lowest BCUT2D eigenvalue weighted by atomic mass is 10.3. The Labute approximate surface area is 103 Å². The molecule has 0 unspecified atom stereocenters. The van der Waals surface area contributed by atoms with E-state index in [4.69, 9.17) is 4.42 Å². The van der Waals surface area contributed by atoms with Gasteiger partial charge < -0.3 is 9.52 Å². The number of rotatable bonds is 0. The van der Waals surface area contributed by atoms with Gasteiger partial charge in [0.25, 0.3) is 5.89 Å². The molecule has 0 aliphatic heterocycles. The number of fused-ring (bicyclic) bond motifs is 1. The number of aromatic hydroxyl groups is 1. The second-order valence-electron chi connectivity index (χ2n) is 3.64. The van der Waals surface area contributed by atoms with E-state index in [2.05, 4.69) is 21.8 Å². The van der Waals surface area contributed by atoms with Gasteiger partial charge in [0, 0.05) is 18.0 Å². The zero-order valence-corrected chi connectivity index (χ0v) is 9.29. The number of aromatic nitrogens is 2. The largest absolute Gasteiger partial charge is 0.504 e. The van der Waals surface area contributed by atoms with E-state index in [-0.39, 0.29) is 11.6 Å². The highest BCUT2D eigenvalue weighted by Crippen LogP contribution is 2.24. The first kappa shape index (κ1) is 10.4. The molecule has 3 aromatic rings. The fourth-order valence-electron chi connectivity index (χ4n) is 1.55. The molecule has 3 rings (SSSR count). The van der Waals surface area contributed by atoms with E-state index in [1.165, 1.54) is 0 Å². The highest BCUT2D eigenvalue weighted by atomic mass is 16.4. The number of phenolic OH excluding ortho intramolecular Hbond substituents is 1. The van der Waals surface area contributed by atoms with Crippen LogP contribution in [0.2, 0.25) is 0 Å². The summed E-state index contributed by atoms with van der Waals surface area (Å²) in [6, 6.07) is 8.67. The van der Waals surface area contributed by atoms with E-state index >= 15 is 0 Å². The Balaban J connectivity index is 2.02. The van der Waals surface area contributed by atoms with Crippen LogP contribution in [0.1, 0.15) is 11.5 Å². The molecule has 0 fully saturated rings. The van der Waals surface area contributed by atoms with Crippen molar-refractivity contribution in [3.05, 3.63) is 54.2 Å². The topological polar surface area (TPSA) is 59.2 Å². The first-order valence-corrected chi connectivity index (χ1v) is 5.33. The third-order valence-electron chi connectivity index (χ3n) is 2.37. The van der Waals surface area contributed by atoms with E-state index in [0.717, 1.165) is 5.56 Å².